The normalized spacial score (nSPS) is 12.5. The summed E-state index contributed by atoms with van der Waals surface area (Å²) in [6.45, 7) is 0. The zero-order chi connectivity index (χ0) is 14.8. The number of aliphatic hydroxyl groups is 1. The van der Waals surface area contributed by atoms with Gasteiger partial charge in [0.2, 0.25) is 0 Å². The lowest BCUT2D eigenvalue weighted by molar-refractivity contribution is 0.180. The van der Waals surface area contributed by atoms with Crippen LogP contribution >= 0.6 is 15.9 Å². The van der Waals surface area contributed by atoms with Crippen LogP contribution in [0.15, 0.2) is 53.4 Å². The maximum atomic E-state index is 10.5. The molecule has 1 aromatic carbocycles. The topological polar surface area (TPSA) is 72.0 Å². The third-order valence-electron chi connectivity index (χ3n) is 3.46. The van der Waals surface area contributed by atoms with Gasteiger partial charge in [0.25, 0.3) is 0 Å². The summed E-state index contributed by atoms with van der Waals surface area (Å²) in [5, 5.41) is 11.5. The maximum absolute atomic E-state index is 10.5. The highest BCUT2D eigenvalue weighted by atomic mass is 79.9. The lowest BCUT2D eigenvalue weighted by Gasteiger charge is -2.14. The van der Waals surface area contributed by atoms with Gasteiger partial charge in [0.15, 0.2) is 0 Å². The lowest BCUT2D eigenvalue weighted by atomic mass is 9.99. The quantitative estimate of drug-likeness (QED) is 0.765. The van der Waals surface area contributed by atoms with E-state index >= 15 is 0 Å². The van der Waals surface area contributed by atoms with Crippen LogP contribution in [-0.4, -0.2) is 15.1 Å². The molecule has 0 amide bonds. The number of fused-ring (bicyclic) bond motifs is 1. The highest BCUT2D eigenvalue weighted by Gasteiger charge is 2.15. The SMILES string of the molecule is Nc1ccncc1CC(O)c1ccc(Br)c2cccnc12. The van der Waals surface area contributed by atoms with Crippen molar-refractivity contribution >= 4 is 32.5 Å². The van der Waals surface area contributed by atoms with Crippen LogP contribution in [0.2, 0.25) is 0 Å². The molecule has 2 aromatic heterocycles. The number of hydrogen-bond acceptors (Lipinski definition) is 4. The van der Waals surface area contributed by atoms with Crippen molar-refractivity contribution in [3.8, 4) is 0 Å². The van der Waals surface area contributed by atoms with Crippen molar-refractivity contribution in [1.82, 2.24) is 9.97 Å². The van der Waals surface area contributed by atoms with Gasteiger partial charge in [-0.2, -0.15) is 0 Å². The summed E-state index contributed by atoms with van der Waals surface area (Å²) in [6.07, 6.45) is 4.78. The molecule has 0 aliphatic rings. The molecule has 0 fully saturated rings. The largest absolute Gasteiger partial charge is 0.398 e. The van der Waals surface area contributed by atoms with E-state index in [1.165, 1.54) is 0 Å². The van der Waals surface area contributed by atoms with E-state index in [4.69, 9.17) is 5.73 Å². The summed E-state index contributed by atoms with van der Waals surface area (Å²) in [6, 6.07) is 9.40. The Morgan fingerprint density at radius 2 is 2.05 bits per heavy atom. The van der Waals surface area contributed by atoms with Gasteiger partial charge in [-0.15, -0.1) is 0 Å². The van der Waals surface area contributed by atoms with E-state index < -0.39 is 6.10 Å². The van der Waals surface area contributed by atoms with Gasteiger partial charge in [-0.1, -0.05) is 28.1 Å². The Labute approximate surface area is 130 Å². The second kappa shape index (κ2) is 5.79. The molecule has 5 heteroatoms. The van der Waals surface area contributed by atoms with Gasteiger partial charge in [0.05, 0.1) is 11.6 Å². The molecule has 2 heterocycles. The first kappa shape index (κ1) is 14.0. The standard InChI is InChI=1S/C16H14BrN3O/c17-13-4-3-12(16-11(13)2-1-6-20-16)15(21)8-10-9-19-7-5-14(10)18/h1-7,9,15,21H,8H2,(H2,18,19). The van der Waals surface area contributed by atoms with E-state index in [9.17, 15) is 5.11 Å². The van der Waals surface area contributed by atoms with Crippen LogP contribution < -0.4 is 5.73 Å². The van der Waals surface area contributed by atoms with Crippen LogP contribution in [-0.2, 0) is 6.42 Å². The molecule has 0 saturated carbocycles. The van der Waals surface area contributed by atoms with Gasteiger partial charge >= 0.3 is 0 Å². The number of pyridine rings is 2. The van der Waals surface area contributed by atoms with Crippen LogP contribution in [0, 0.1) is 0 Å². The molecule has 3 rings (SSSR count). The van der Waals surface area contributed by atoms with Crippen LogP contribution in [0.3, 0.4) is 0 Å². The monoisotopic (exact) mass is 343 g/mol. The minimum absolute atomic E-state index is 0.410. The van der Waals surface area contributed by atoms with Gasteiger partial charge in [0.1, 0.15) is 0 Å². The van der Waals surface area contributed by atoms with Crippen LogP contribution in [0.1, 0.15) is 17.2 Å². The minimum Gasteiger partial charge on any atom is -0.398 e. The molecular formula is C16H14BrN3O. The maximum Gasteiger partial charge on any atom is 0.0852 e. The molecule has 3 N–H and O–H groups in total. The van der Waals surface area contributed by atoms with Gasteiger partial charge in [-0.25, -0.2) is 0 Å². The molecule has 1 atom stereocenters. The number of nitrogens with zero attached hydrogens (tertiary/aromatic N) is 2. The first-order valence-electron chi connectivity index (χ1n) is 6.56. The molecule has 0 aliphatic heterocycles. The zero-order valence-corrected chi connectivity index (χ0v) is 12.8. The number of hydrogen-bond donors (Lipinski definition) is 2. The average Bonchev–Trinajstić information content (AvgIpc) is 2.50. The highest BCUT2D eigenvalue weighted by molar-refractivity contribution is 9.10. The van der Waals surface area contributed by atoms with E-state index in [0.29, 0.717) is 12.1 Å². The summed E-state index contributed by atoms with van der Waals surface area (Å²) in [7, 11) is 0. The number of nitrogens with two attached hydrogens (primary N) is 1. The number of rotatable bonds is 3. The second-order valence-electron chi connectivity index (χ2n) is 4.83. The smallest absolute Gasteiger partial charge is 0.0852 e. The Kier molecular flexibility index (Phi) is 3.86. The first-order chi connectivity index (χ1) is 10.2. The zero-order valence-electron chi connectivity index (χ0n) is 11.2. The predicted octanol–water partition coefficient (Wildman–Crippen LogP) is 3.25. The van der Waals surface area contributed by atoms with Crippen molar-refractivity contribution in [3.05, 3.63) is 64.5 Å². The third-order valence-corrected chi connectivity index (χ3v) is 4.15. The fourth-order valence-corrected chi connectivity index (χ4v) is 2.81. The molecule has 0 saturated heterocycles. The Morgan fingerprint density at radius 3 is 2.86 bits per heavy atom. The van der Waals surface area contributed by atoms with E-state index in [0.717, 1.165) is 26.5 Å². The fraction of sp³-hybridized carbons (Fsp3) is 0.125. The predicted molar refractivity (Wildman–Crippen MR) is 86.8 cm³/mol. The summed E-state index contributed by atoms with van der Waals surface area (Å²) >= 11 is 3.51. The Morgan fingerprint density at radius 1 is 1.19 bits per heavy atom. The van der Waals surface area contributed by atoms with Gasteiger partial charge in [-0.05, 0) is 23.8 Å². The van der Waals surface area contributed by atoms with E-state index in [1.54, 1.807) is 24.7 Å². The van der Waals surface area contributed by atoms with Crippen LogP contribution in [0.5, 0.6) is 0 Å². The van der Waals surface area contributed by atoms with E-state index in [-0.39, 0.29) is 0 Å². The molecule has 0 aliphatic carbocycles. The minimum atomic E-state index is -0.679. The first-order valence-corrected chi connectivity index (χ1v) is 7.35. The lowest BCUT2D eigenvalue weighted by Crippen LogP contribution is -2.06. The van der Waals surface area contributed by atoms with Crippen molar-refractivity contribution in [2.45, 2.75) is 12.5 Å². The van der Waals surface area contributed by atoms with Crippen LogP contribution in [0.25, 0.3) is 10.9 Å². The molecular weight excluding hydrogens is 330 g/mol. The highest BCUT2D eigenvalue weighted by Crippen LogP contribution is 2.30. The van der Waals surface area contributed by atoms with Crippen molar-refractivity contribution < 1.29 is 5.11 Å². The number of aliphatic hydroxyl groups excluding tert-OH is 1. The summed E-state index contributed by atoms with van der Waals surface area (Å²) in [5.74, 6) is 0. The summed E-state index contributed by atoms with van der Waals surface area (Å²) in [4.78, 5) is 8.44. The molecule has 0 radical (unpaired) electrons. The molecule has 1 unspecified atom stereocenters. The summed E-state index contributed by atoms with van der Waals surface area (Å²) in [5.41, 5.74) is 8.96. The Hall–Kier alpha value is -1.98. The molecule has 21 heavy (non-hydrogen) atoms. The van der Waals surface area contributed by atoms with Gasteiger partial charge in [0, 0.05) is 46.1 Å². The molecule has 0 bridgehead atoms. The van der Waals surface area contributed by atoms with Gasteiger partial charge < -0.3 is 10.8 Å². The molecule has 0 spiro atoms. The average molecular weight is 344 g/mol. The fourth-order valence-electron chi connectivity index (χ4n) is 2.36. The van der Waals surface area contributed by atoms with Crippen molar-refractivity contribution in [2.75, 3.05) is 5.73 Å². The number of nitrogen functional groups attached to an aromatic ring is 1. The van der Waals surface area contributed by atoms with Crippen molar-refractivity contribution in [1.29, 1.82) is 0 Å². The number of halogens is 1. The van der Waals surface area contributed by atoms with E-state index in [2.05, 4.69) is 25.9 Å². The van der Waals surface area contributed by atoms with Gasteiger partial charge in [-0.3, -0.25) is 9.97 Å². The molecule has 3 aromatic rings. The van der Waals surface area contributed by atoms with Crippen molar-refractivity contribution in [3.63, 3.8) is 0 Å². The summed E-state index contributed by atoms with van der Waals surface area (Å²) < 4.78 is 0.961. The number of anilines is 1. The number of aromatic nitrogens is 2. The Balaban J connectivity index is 2.01. The van der Waals surface area contributed by atoms with Crippen LogP contribution in [0.4, 0.5) is 5.69 Å². The second-order valence-corrected chi connectivity index (χ2v) is 5.68. The third kappa shape index (κ3) is 2.75. The van der Waals surface area contributed by atoms with E-state index in [1.807, 2.05) is 24.3 Å². The van der Waals surface area contributed by atoms with Crippen molar-refractivity contribution in [2.24, 2.45) is 0 Å². The number of benzene rings is 1. The molecule has 106 valence electrons. The molecule has 4 nitrogen and oxygen atoms in total. The Bertz CT molecular complexity index is 791.